The van der Waals surface area contributed by atoms with E-state index < -0.39 is 0 Å². The maximum atomic E-state index is 6.46. The maximum absolute atomic E-state index is 6.46. The number of nitrogens with one attached hydrogen (secondary N) is 1. The van der Waals surface area contributed by atoms with Crippen LogP contribution < -0.4 is 19.5 Å². The number of rotatable bonds is 6. The molecule has 0 aliphatic carbocycles. The van der Waals surface area contributed by atoms with Gasteiger partial charge in [0.15, 0.2) is 5.82 Å². The Morgan fingerprint density at radius 1 is 1.11 bits per heavy atom. The quantitative estimate of drug-likeness (QED) is 0.406. The Morgan fingerprint density at radius 2 is 1.95 bits per heavy atom. The van der Waals surface area contributed by atoms with Gasteiger partial charge in [0.05, 0.1) is 43.8 Å². The van der Waals surface area contributed by atoms with E-state index in [9.17, 15) is 0 Å². The third kappa shape index (κ3) is 5.40. The standard InChI is InChI=1S/C26H33N9O3/c1-6-36-26-19(15-30-35(26)11-10-33(3)4)18-14-28-23-13-21(18)38-17(2)8-12-37-25-20(16-29-34(25)5)24-27-9-7-22(31-23)32-24/h7,9,13-17H,6,8,10-12H2,1-5H3,(H,27,28,31,32)/t17-/m0/s1. The van der Waals surface area contributed by atoms with Gasteiger partial charge < -0.3 is 24.4 Å². The van der Waals surface area contributed by atoms with E-state index in [1.807, 2.05) is 51.9 Å². The van der Waals surface area contributed by atoms with Crippen LogP contribution >= 0.6 is 0 Å². The molecule has 0 saturated carbocycles. The highest BCUT2D eigenvalue weighted by Crippen LogP contribution is 2.38. The zero-order valence-corrected chi connectivity index (χ0v) is 22.4. The van der Waals surface area contributed by atoms with Gasteiger partial charge in [-0.2, -0.15) is 10.2 Å². The summed E-state index contributed by atoms with van der Waals surface area (Å²) in [5, 5.41) is 12.2. The molecule has 4 bridgehead atoms. The van der Waals surface area contributed by atoms with Gasteiger partial charge in [0.1, 0.15) is 22.9 Å². The number of hydrogen-bond acceptors (Lipinski definition) is 10. The molecule has 1 N–H and O–H groups in total. The molecule has 1 atom stereocenters. The summed E-state index contributed by atoms with van der Waals surface area (Å²) in [6.45, 7) is 6.47. The summed E-state index contributed by atoms with van der Waals surface area (Å²) in [7, 11) is 5.90. The fourth-order valence-electron chi connectivity index (χ4n) is 4.14. The fraction of sp³-hybridized carbons (Fsp3) is 0.423. The highest BCUT2D eigenvalue weighted by atomic mass is 16.5. The van der Waals surface area contributed by atoms with Gasteiger partial charge in [-0.3, -0.25) is 0 Å². The monoisotopic (exact) mass is 519 g/mol. The van der Waals surface area contributed by atoms with E-state index in [0.29, 0.717) is 61.1 Å². The maximum Gasteiger partial charge on any atom is 0.222 e. The van der Waals surface area contributed by atoms with Gasteiger partial charge >= 0.3 is 0 Å². The molecule has 0 radical (unpaired) electrons. The fourth-order valence-corrected chi connectivity index (χ4v) is 4.14. The van der Waals surface area contributed by atoms with Gasteiger partial charge in [-0.05, 0) is 34.0 Å². The van der Waals surface area contributed by atoms with Crippen molar-refractivity contribution < 1.29 is 14.2 Å². The Hall–Kier alpha value is -4.19. The molecule has 12 heteroatoms. The summed E-state index contributed by atoms with van der Waals surface area (Å²) in [5.41, 5.74) is 2.35. The number of likely N-dealkylation sites (N-methyl/N-ethyl adjacent to an activating group) is 1. The molecule has 4 aromatic rings. The number of fused-ring (bicyclic) bond motifs is 6. The lowest BCUT2D eigenvalue weighted by Crippen LogP contribution is -2.19. The molecule has 0 saturated heterocycles. The molecule has 1 aliphatic rings. The van der Waals surface area contributed by atoms with Gasteiger partial charge in [0.25, 0.3) is 0 Å². The predicted octanol–water partition coefficient (Wildman–Crippen LogP) is 3.39. The van der Waals surface area contributed by atoms with Crippen molar-refractivity contribution in [1.82, 2.24) is 39.4 Å². The van der Waals surface area contributed by atoms with E-state index in [4.69, 9.17) is 14.2 Å². The van der Waals surface area contributed by atoms with Gasteiger partial charge in [-0.15, -0.1) is 0 Å². The minimum absolute atomic E-state index is 0.142. The Kier molecular flexibility index (Phi) is 7.40. The summed E-state index contributed by atoms with van der Waals surface area (Å²) in [5.74, 6) is 3.66. The number of ether oxygens (including phenoxy) is 3. The first-order valence-electron chi connectivity index (χ1n) is 12.7. The van der Waals surface area contributed by atoms with Crippen LogP contribution in [-0.4, -0.2) is 79.4 Å². The average molecular weight is 520 g/mol. The Labute approximate surface area is 221 Å². The van der Waals surface area contributed by atoms with Crippen LogP contribution in [0.3, 0.4) is 0 Å². The molecular weight excluding hydrogens is 486 g/mol. The molecule has 4 aromatic heterocycles. The molecule has 5 rings (SSSR count). The van der Waals surface area contributed by atoms with Crippen molar-refractivity contribution in [3.8, 4) is 40.0 Å². The lowest BCUT2D eigenvalue weighted by molar-refractivity contribution is 0.173. The topological polar surface area (TPSA) is 117 Å². The van der Waals surface area contributed by atoms with Crippen molar-refractivity contribution in [2.45, 2.75) is 32.9 Å². The van der Waals surface area contributed by atoms with E-state index in [2.05, 4.69) is 35.4 Å². The number of nitrogens with zero attached hydrogens (tertiary/aromatic N) is 8. The van der Waals surface area contributed by atoms with Crippen LogP contribution in [0, 0.1) is 0 Å². The van der Waals surface area contributed by atoms with Crippen molar-refractivity contribution in [1.29, 1.82) is 0 Å². The van der Waals surface area contributed by atoms with Crippen LogP contribution in [0.1, 0.15) is 20.3 Å². The average Bonchev–Trinajstić information content (AvgIpc) is 3.46. The third-order valence-electron chi connectivity index (χ3n) is 6.12. The van der Waals surface area contributed by atoms with E-state index in [0.717, 1.165) is 23.2 Å². The normalized spacial score (nSPS) is 15.2. The first kappa shape index (κ1) is 25.5. The van der Waals surface area contributed by atoms with Gasteiger partial charge in [0, 0.05) is 44.0 Å². The number of aryl methyl sites for hydroxylation is 1. The van der Waals surface area contributed by atoms with E-state index in [-0.39, 0.29) is 6.10 Å². The second-order valence-electron chi connectivity index (χ2n) is 9.33. The Bertz CT molecular complexity index is 1400. The smallest absolute Gasteiger partial charge is 0.222 e. The molecule has 0 amide bonds. The molecule has 1 aliphatic heterocycles. The summed E-state index contributed by atoms with van der Waals surface area (Å²) in [4.78, 5) is 15.9. The van der Waals surface area contributed by atoms with Crippen LogP contribution in [0.2, 0.25) is 0 Å². The second-order valence-corrected chi connectivity index (χ2v) is 9.33. The van der Waals surface area contributed by atoms with Gasteiger partial charge in [0.2, 0.25) is 11.8 Å². The Balaban J connectivity index is 1.54. The van der Waals surface area contributed by atoms with E-state index >= 15 is 0 Å². The molecule has 12 nitrogen and oxygen atoms in total. The molecular formula is C26H33N9O3. The zero-order valence-electron chi connectivity index (χ0n) is 22.4. The first-order valence-corrected chi connectivity index (χ1v) is 12.7. The summed E-state index contributed by atoms with van der Waals surface area (Å²) < 4.78 is 22.2. The summed E-state index contributed by atoms with van der Waals surface area (Å²) in [6.07, 6.45) is 7.50. The third-order valence-corrected chi connectivity index (χ3v) is 6.12. The van der Waals surface area contributed by atoms with Crippen molar-refractivity contribution >= 4 is 11.6 Å². The number of hydrogen-bond donors (Lipinski definition) is 1. The largest absolute Gasteiger partial charge is 0.490 e. The zero-order chi connectivity index (χ0) is 26.6. The highest BCUT2D eigenvalue weighted by Gasteiger charge is 2.22. The number of pyridine rings is 1. The van der Waals surface area contributed by atoms with Gasteiger partial charge in [-0.1, -0.05) is 0 Å². The lowest BCUT2D eigenvalue weighted by Gasteiger charge is -2.20. The van der Waals surface area contributed by atoms with Crippen molar-refractivity contribution in [3.63, 3.8) is 0 Å². The van der Waals surface area contributed by atoms with Crippen molar-refractivity contribution in [2.75, 3.05) is 39.2 Å². The van der Waals surface area contributed by atoms with Crippen LogP contribution in [-0.2, 0) is 13.6 Å². The minimum Gasteiger partial charge on any atom is -0.490 e. The number of aromatic nitrogens is 7. The molecule has 0 unspecified atom stereocenters. The molecule has 200 valence electrons. The minimum atomic E-state index is -0.142. The molecule has 0 aromatic carbocycles. The lowest BCUT2D eigenvalue weighted by atomic mass is 10.1. The molecule has 38 heavy (non-hydrogen) atoms. The van der Waals surface area contributed by atoms with Gasteiger partial charge in [-0.25, -0.2) is 24.3 Å². The Morgan fingerprint density at radius 3 is 2.76 bits per heavy atom. The summed E-state index contributed by atoms with van der Waals surface area (Å²) in [6, 6.07) is 3.66. The predicted molar refractivity (Wildman–Crippen MR) is 143 cm³/mol. The molecule has 5 heterocycles. The second kappa shape index (κ2) is 11.1. The highest BCUT2D eigenvalue weighted by molar-refractivity contribution is 5.75. The first-order chi connectivity index (χ1) is 18.4. The van der Waals surface area contributed by atoms with Crippen molar-refractivity contribution in [2.24, 2.45) is 7.05 Å². The van der Waals surface area contributed by atoms with Crippen LogP contribution in [0.5, 0.6) is 17.5 Å². The van der Waals surface area contributed by atoms with Crippen LogP contribution in [0.4, 0.5) is 11.6 Å². The SMILES string of the molecule is CCOc1c(-c2cnc3cc2O[C@@H](C)CCOc2c(cnn2C)-c2nccc(n2)N3)cnn1CCN(C)C. The van der Waals surface area contributed by atoms with Crippen LogP contribution in [0.15, 0.2) is 36.9 Å². The van der Waals surface area contributed by atoms with Crippen LogP contribution in [0.25, 0.3) is 22.5 Å². The van der Waals surface area contributed by atoms with E-state index in [1.54, 1.807) is 29.3 Å². The molecule has 0 fully saturated rings. The summed E-state index contributed by atoms with van der Waals surface area (Å²) >= 11 is 0. The van der Waals surface area contributed by atoms with E-state index in [1.165, 1.54) is 0 Å². The number of anilines is 2. The van der Waals surface area contributed by atoms with Crippen molar-refractivity contribution in [3.05, 3.63) is 36.9 Å². The molecule has 0 spiro atoms.